The van der Waals surface area contributed by atoms with Gasteiger partial charge in [0.2, 0.25) is 0 Å². The van der Waals surface area contributed by atoms with E-state index in [-0.39, 0.29) is 0 Å². The fraction of sp³-hybridized carbons (Fsp3) is 0. The predicted molar refractivity (Wildman–Crippen MR) is 599 cm³/mol. The van der Waals surface area contributed by atoms with Crippen LogP contribution in [0.15, 0.2) is 538 Å². The minimum Gasteiger partial charge on any atom is -0.453 e. The molecule has 0 unspecified atom stereocenters. The second kappa shape index (κ2) is 37.2. The van der Waals surface area contributed by atoms with Gasteiger partial charge in [-0.3, -0.25) is 0 Å². The predicted octanol–water partition coefficient (Wildman–Crippen LogP) is 35.2. The highest BCUT2D eigenvalue weighted by Crippen LogP contribution is 2.50. The van der Waals surface area contributed by atoms with Gasteiger partial charge < -0.3 is 33.2 Å². The molecule has 0 atom stereocenters. The number of furan rings is 1. The fourth-order valence-electron chi connectivity index (χ4n) is 20.7. The number of nitrogens with zero attached hydrogens (tertiary/aromatic N) is 12. The molecule has 0 saturated carbocycles. The van der Waals surface area contributed by atoms with Gasteiger partial charge in [0.05, 0.1) is 33.3 Å². The summed E-state index contributed by atoms with van der Waals surface area (Å²) < 4.78 is 12.0. The first-order chi connectivity index (χ1) is 71.9. The third-order valence-corrected chi connectivity index (χ3v) is 27.3. The van der Waals surface area contributed by atoms with Crippen LogP contribution in [0.1, 0.15) is 0 Å². The number of para-hydroxylation sites is 10. The number of hydrogen-bond acceptors (Lipinski definition) is 11. The van der Waals surface area contributed by atoms with Gasteiger partial charge in [0.15, 0.2) is 40.5 Å². The molecule has 0 spiro atoms. The molecule has 27 aromatic rings. The van der Waals surface area contributed by atoms with Crippen LogP contribution in [-0.2, 0) is 0 Å². The molecule has 27 rings (SSSR count). The van der Waals surface area contributed by atoms with E-state index in [4.69, 9.17) is 34.3 Å². The largest absolute Gasteiger partial charge is 0.453 e. The maximum absolute atomic E-state index is 7.20. The van der Waals surface area contributed by atoms with Crippen molar-refractivity contribution in [1.82, 2.24) is 39.0 Å². The molecule has 0 amide bonds. The van der Waals surface area contributed by atoms with E-state index in [1.54, 1.807) is 0 Å². The first-order valence-electron chi connectivity index (χ1n) is 48.8. The molecule has 0 aliphatic carbocycles. The molecule has 0 fully saturated rings. The Morgan fingerprint density at radius 1 is 0.152 bits per heavy atom. The summed E-state index contributed by atoms with van der Waals surface area (Å²) in [5, 5.41) is 13.5. The van der Waals surface area contributed by atoms with Crippen LogP contribution in [-0.4, -0.2) is 39.0 Å². The van der Waals surface area contributed by atoms with Crippen LogP contribution in [0, 0.1) is 0 Å². The van der Waals surface area contributed by atoms with Crippen molar-refractivity contribution in [3.63, 3.8) is 0 Å². The Kier molecular flexibility index (Phi) is 22.0. The van der Waals surface area contributed by atoms with Crippen molar-refractivity contribution < 1.29 is 4.42 Å². The number of fused-ring (bicyclic) bond motifs is 15. The zero-order chi connectivity index (χ0) is 96.0. The quantitative estimate of drug-likeness (QED) is 0.0680. The number of anilines is 12. The van der Waals surface area contributed by atoms with Gasteiger partial charge >= 0.3 is 0 Å². The fourth-order valence-corrected chi connectivity index (χ4v) is 20.7. The van der Waals surface area contributed by atoms with Gasteiger partial charge in [0, 0.05) is 134 Å². The van der Waals surface area contributed by atoms with Crippen molar-refractivity contribution in [2.45, 2.75) is 0 Å². The molecule has 0 saturated heterocycles. The molecule has 5 heterocycles. The van der Waals surface area contributed by atoms with Crippen molar-refractivity contribution in [3.05, 3.63) is 534 Å². The van der Waals surface area contributed by atoms with E-state index in [1.807, 2.05) is 127 Å². The van der Waals surface area contributed by atoms with Gasteiger partial charge in [-0.15, -0.1) is 0 Å². The summed E-state index contributed by atoms with van der Waals surface area (Å²) in [6.45, 7) is 0. The van der Waals surface area contributed by atoms with E-state index in [9.17, 15) is 0 Å². The van der Waals surface area contributed by atoms with Crippen LogP contribution in [0.3, 0.4) is 0 Å². The van der Waals surface area contributed by atoms with Crippen LogP contribution in [0.25, 0.3) is 178 Å². The summed E-state index contributed by atoms with van der Waals surface area (Å²) in [6.07, 6.45) is 0. The lowest BCUT2D eigenvalue weighted by atomic mass is 9.93. The summed E-state index contributed by atoms with van der Waals surface area (Å²) in [4.78, 5) is 39.7. The molecule has 13 heteroatoms. The number of rotatable bonds is 20. The molecule has 145 heavy (non-hydrogen) atoms. The van der Waals surface area contributed by atoms with E-state index in [1.165, 1.54) is 26.9 Å². The van der Waals surface area contributed by atoms with Crippen molar-refractivity contribution in [1.29, 1.82) is 0 Å². The molecule has 22 aromatic carbocycles. The third kappa shape index (κ3) is 15.9. The highest BCUT2D eigenvalue weighted by Gasteiger charge is 2.28. The van der Waals surface area contributed by atoms with Crippen molar-refractivity contribution in [3.8, 4) is 79.7 Å². The molecule has 0 bridgehead atoms. The molecule has 0 aliphatic rings. The molecule has 682 valence electrons. The number of benzene rings is 22. The second-order valence-electron chi connectivity index (χ2n) is 36.1. The smallest absolute Gasteiger partial charge is 0.167 e. The average molecular weight is 1860 g/mol. The summed E-state index contributed by atoms with van der Waals surface area (Å²) >= 11 is 0. The molecule has 5 aromatic heterocycles. The second-order valence-corrected chi connectivity index (χ2v) is 36.1. The lowest BCUT2D eigenvalue weighted by Crippen LogP contribution is -2.09. The monoisotopic (exact) mass is 1860 g/mol. The third-order valence-electron chi connectivity index (χ3n) is 27.3. The first kappa shape index (κ1) is 85.6. The van der Waals surface area contributed by atoms with Crippen LogP contribution in [0.4, 0.5) is 68.2 Å². The molecule has 0 radical (unpaired) electrons. The van der Waals surface area contributed by atoms with Gasteiger partial charge in [0.1, 0.15) is 5.58 Å². The van der Waals surface area contributed by atoms with E-state index < -0.39 is 0 Å². The zero-order valence-corrected chi connectivity index (χ0v) is 78.6. The Hall–Kier alpha value is -19.8. The Morgan fingerprint density at radius 2 is 0.407 bits per heavy atom. The summed E-state index contributed by atoms with van der Waals surface area (Å²) in [5.41, 5.74) is 26.2. The van der Waals surface area contributed by atoms with Crippen LogP contribution in [0.5, 0.6) is 0 Å². The zero-order valence-electron chi connectivity index (χ0n) is 78.6. The van der Waals surface area contributed by atoms with Crippen molar-refractivity contribution in [2.24, 2.45) is 0 Å². The highest BCUT2D eigenvalue weighted by atomic mass is 16.3. The van der Waals surface area contributed by atoms with Crippen LogP contribution in [0.2, 0.25) is 0 Å². The molecule has 13 nitrogen and oxygen atoms in total. The minimum atomic E-state index is 0.540. The van der Waals surface area contributed by atoms with E-state index in [0.29, 0.717) is 40.5 Å². The summed E-state index contributed by atoms with van der Waals surface area (Å²) in [5.74, 6) is 3.65. The van der Waals surface area contributed by atoms with Gasteiger partial charge in [-0.05, 0) is 233 Å². The SMILES string of the molecule is c1ccc(-c2nc(-c3ccccc3)nc(-c3ccc4c5ccc(-n6c7ccc(N(c8ccccc8)c8ccccc8)cc7c7cc(N(c8ccccc8)c8ccccc8)ccc76)cc5c5ccccc5c4c3)n2)cc1.c1ccc(-c2nc(-c3ccccc3)nc(-c3cccc4c3oc3c(-n5c6ccc(N(c7ccccc7)c7ccccc7)cc6c6cc(N(c7ccccc7)c7ccccc7)ccc65)cccc34)n2)cc1. The van der Waals surface area contributed by atoms with Gasteiger partial charge in [-0.25, -0.2) is 29.9 Å². The lowest BCUT2D eigenvalue weighted by Gasteiger charge is -2.26. The van der Waals surface area contributed by atoms with E-state index >= 15 is 0 Å². The Morgan fingerprint density at radius 3 is 0.738 bits per heavy atom. The van der Waals surface area contributed by atoms with Gasteiger partial charge in [-0.2, -0.15) is 0 Å². The Labute approximate surface area is 837 Å². The van der Waals surface area contributed by atoms with Gasteiger partial charge in [0.25, 0.3) is 0 Å². The maximum atomic E-state index is 7.20. The normalized spacial score (nSPS) is 11.4. The van der Waals surface area contributed by atoms with Crippen molar-refractivity contribution in [2.75, 3.05) is 19.6 Å². The summed E-state index contributed by atoms with van der Waals surface area (Å²) in [6, 6.07) is 188. The minimum absolute atomic E-state index is 0.540. The highest BCUT2D eigenvalue weighted by molar-refractivity contribution is 6.27. The molecule has 0 aliphatic heterocycles. The summed E-state index contributed by atoms with van der Waals surface area (Å²) in [7, 11) is 0. The standard InChI is InChI=1S/C69H46N6.C63H42N6O/c1-7-21-47(22-8-1)67-70-68(48-23-9-2-10-24-48)72-69(71-67)49-35-39-59-60-40-36-56(44-62(60)58-34-20-19-33-57(58)61(59)43-49)75-65-41-37-54(73(50-25-11-3-12-26-50)51-27-13-4-14-28-51)45-63(65)64-46-55(38-42-66(64)75)74(52-29-15-5-16-30-52)53-31-17-6-18-32-53;1-7-21-43(22-8-1)61-64-62(44-23-9-2-10-24-44)66-63(65-61)53-35-19-33-51-52-34-20-36-58(60(52)70-59(51)53)69-56-39-37-49(67(45-25-11-3-12-26-45)46-27-13-4-14-28-46)41-54(56)55-42-50(38-40-57(55)69)68(47-29-15-5-16-30-47)48-31-17-6-18-32-48/h1-46H;1-42H. The first-order valence-corrected chi connectivity index (χ1v) is 48.8. The Balaban J connectivity index is 0.000000148. The van der Waals surface area contributed by atoms with E-state index in [0.717, 1.165) is 178 Å². The average Bonchev–Trinajstić information content (AvgIpc) is 1.62. The lowest BCUT2D eigenvalue weighted by molar-refractivity contribution is 0.667. The van der Waals surface area contributed by atoms with Crippen LogP contribution < -0.4 is 19.6 Å². The van der Waals surface area contributed by atoms with Gasteiger partial charge in [-0.1, -0.05) is 334 Å². The molecule has 0 N–H and O–H groups in total. The maximum Gasteiger partial charge on any atom is 0.167 e. The van der Waals surface area contributed by atoms with Crippen LogP contribution >= 0.6 is 0 Å². The topological polar surface area (TPSA) is 113 Å². The van der Waals surface area contributed by atoms with E-state index in [2.05, 4.69) is 435 Å². The Bertz CT molecular complexity index is 8910. The van der Waals surface area contributed by atoms with Crippen molar-refractivity contribution >= 4 is 166 Å². The molecular weight excluding hydrogens is 1770 g/mol. The number of hydrogen-bond donors (Lipinski definition) is 0. The molecular formula is C132H88N12O. The number of aromatic nitrogens is 8.